The lowest BCUT2D eigenvalue weighted by Crippen LogP contribution is -2.52. The fourth-order valence-corrected chi connectivity index (χ4v) is 6.43. The number of hydrogen-bond donors (Lipinski definition) is 2. The van der Waals surface area contributed by atoms with Crippen LogP contribution in [0.2, 0.25) is 0 Å². The highest BCUT2D eigenvalue weighted by Crippen LogP contribution is 2.52. The van der Waals surface area contributed by atoms with Crippen LogP contribution >= 0.6 is 0 Å². The summed E-state index contributed by atoms with van der Waals surface area (Å²) in [7, 11) is 0. The number of nitrogens with zero attached hydrogens (tertiary/aromatic N) is 2. The summed E-state index contributed by atoms with van der Waals surface area (Å²) in [6, 6.07) is 3.53. The molecule has 3 aliphatic rings. The van der Waals surface area contributed by atoms with Gasteiger partial charge in [-0.15, -0.1) is 11.8 Å². The lowest BCUT2D eigenvalue weighted by Gasteiger charge is -2.32. The lowest BCUT2D eigenvalue weighted by molar-refractivity contribution is -0.133. The first-order valence-corrected chi connectivity index (χ1v) is 16.9. The van der Waals surface area contributed by atoms with Crippen molar-refractivity contribution in [2.45, 2.75) is 89.9 Å². The lowest BCUT2D eigenvalue weighted by atomic mass is 10.1. The summed E-state index contributed by atoms with van der Waals surface area (Å²) in [5.74, 6) is 8.99. The van der Waals surface area contributed by atoms with E-state index in [0.717, 1.165) is 64.2 Å². The molecule has 1 saturated carbocycles. The van der Waals surface area contributed by atoms with Crippen LogP contribution < -0.4 is 15.5 Å². The van der Waals surface area contributed by atoms with Crippen molar-refractivity contribution in [3.63, 3.8) is 0 Å². The zero-order chi connectivity index (χ0) is 31.9. The number of carbonyl (C=O) groups is 4. The number of fused-ring (bicyclic) bond motifs is 1. The van der Waals surface area contributed by atoms with E-state index in [1.807, 2.05) is 0 Å². The van der Waals surface area contributed by atoms with Gasteiger partial charge in [0, 0.05) is 57.9 Å². The van der Waals surface area contributed by atoms with Gasteiger partial charge in [0.15, 0.2) is 0 Å². The van der Waals surface area contributed by atoms with Crippen LogP contribution in [0.4, 0.5) is 10.7 Å². The third kappa shape index (κ3) is 11.3. The number of ether oxygens (including phenoxy) is 1. The van der Waals surface area contributed by atoms with E-state index in [9.17, 15) is 19.2 Å². The maximum atomic E-state index is 12.4. The SMILES string of the molecule is C=CC(=O)N1CCN(c2ccc(CCC(=O)NCCCCCCCCCCNC(=O)OC[C@@H]3[C@@H]4CCC#CCC[C@@H]43)o2)C(=O)C1. The summed E-state index contributed by atoms with van der Waals surface area (Å²) in [4.78, 5) is 51.4. The first kappa shape index (κ1) is 34.1. The Kier molecular flexibility index (Phi) is 13.9. The van der Waals surface area contributed by atoms with Gasteiger partial charge in [0.05, 0.1) is 6.61 Å². The van der Waals surface area contributed by atoms with Gasteiger partial charge in [-0.2, -0.15) is 0 Å². The molecule has 3 atom stereocenters. The van der Waals surface area contributed by atoms with E-state index in [-0.39, 0.29) is 30.4 Å². The molecule has 2 heterocycles. The van der Waals surface area contributed by atoms with E-state index in [0.29, 0.717) is 75.0 Å². The van der Waals surface area contributed by atoms with Crippen molar-refractivity contribution in [2.24, 2.45) is 17.8 Å². The van der Waals surface area contributed by atoms with Crippen LogP contribution in [0.1, 0.15) is 89.2 Å². The van der Waals surface area contributed by atoms with Crippen molar-refractivity contribution < 1.29 is 28.3 Å². The molecule has 10 nitrogen and oxygen atoms in total. The number of alkyl carbamates (subject to hydrolysis) is 1. The van der Waals surface area contributed by atoms with Gasteiger partial charge in [0.25, 0.3) is 0 Å². The third-order valence-electron chi connectivity index (χ3n) is 9.16. The number of rotatable bonds is 18. The van der Waals surface area contributed by atoms with E-state index in [2.05, 4.69) is 29.1 Å². The van der Waals surface area contributed by atoms with Gasteiger partial charge in [-0.05, 0) is 55.6 Å². The van der Waals surface area contributed by atoms with Crippen molar-refractivity contribution in [1.29, 1.82) is 0 Å². The molecule has 4 rings (SSSR count). The minimum Gasteiger partial charge on any atom is -0.449 e. The molecule has 0 radical (unpaired) electrons. The smallest absolute Gasteiger partial charge is 0.407 e. The van der Waals surface area contributed by atoms with Crippen LogP contribution in [0.15, 0.2) is 29.2 Å². The number of furan rings is 1. The largest absolute Gasteiger partial charge is 0.449 e. The van der Waals surface area contributed by atoms with Crippen LogP contribution in [0.5, 0.6) is 0 Å². The number of carbonyl (C=O) groups excluding carboxylic acids is 4. The minimum absolute atomic E-state index is 0.00125. The predicted octanol–water partition coefficient (Wildman–Crippen LogP) is 4.98. The monoisotopic (exact) mass is 622 g/mol. The normalized spacial score (nSPS) is 20.6. The van der Waals surface area contributed by atoms with E-state index >= 15 is 0 Å². The van der Waals surface area contributed by atoms with E-state index < -0.39 is 0 Å². The van der Waals surface area contributed by atoms with Gasteiger partial charge in [-0.25, -0.2) is 4.79 Å². The standard InChI is InChI=1S/C35H50N4O6/c1-2-32(41)38-23-24-39(33(42)25-38)34-20-18-27(45-34)17-19-31(40)36-21-13-9-5-3-4-6-10-14-22-37-35(43)44-26-30-28-15-11-7-8-12-16-29(28)30/h2,18,20,28-30H,1,3-6,9-17,19,21-26H2,(H,36,40)(H,37,43)/t28-,29+,30-. The topological polar surface area (TPSA) is 121 Å². The summed E-state index contributed by atoms with van der Waals surface area (Å²) >= 11 is 0. The Morgan fingerprint density at radius 2 is 1.58 bits per heavy atom. The maximum Gasteiger partial charge on any atom is 0.407 e. The van der Waals surface area contributed by atoms with Crippen LogP contribution in [0, 0.1) is 29.6 Å². The van der Waals surface area contributed by atoms with Crippen molar-refractivity contribution in [3.8, 4) is 11.8 Å². The van der Waals surface area contributed by atoms with Crippen molar-refractivity contribution >= 4 is 29.7 Å². The highest BCUT2D eigenvalue weighted by Gasteiger charge is 2.49. The molecule has 0 aromatic carbocycles. The quantitative estimate of drug-likeness (QED) is 0.135. The zero-order valence-corrected chi connectivity index (χ0v) is 26.7. The number of unbranched alkanes of at least 4 members (excludes halogenated alkanes) is 7. The number of piperazine rings is 1. The molecule has 0 unspecified atom stereocenters. The molecule has 1 saturated heterocycles. The summed E-state index contributed by atoms with van der Waals surface area (Å²) in [5.41, 5.74) is 0. The van der Waals surface area contributed by atoms with Crippen LogP contribution in [-0.2, 0) is 25.5 Å². The maximum absolute atomic E-state index is 12.4. The van der Waals surface area contributed by atoms with Gasteiger partial charge >= 0.3 is 6.09 Å². The Morgan fingerprint density at radius 3 is 2.22 bits per heavy atom. The number of aryl methyl sites for hydroxylation is 1. The predicted molar refractivity (Wildman–Crippen MR) is 172 cm³/mol. The van der Waals surface area contributed by atoms with Crippen LogP contribution in [0.3, 0.4) is 0 Å². The molecular formula is C35H50N4O6. The molecule has 2 aliphatic carbocycles. The second-order valence-corrected chi connectivity index (χ2v) is 12.4. The highest BCUT2D eigenvalue weighted by molar-refractivity contribution is 5.98. The summed E-state index contributed by atoms with van der Waals surface area (Å²) in [6.07, 6.45) is 14.8. The summed E-state index contributed by atoms with van der Waals surface area (Å²) < 4.78 is 11.3. The van der Waals surface area contributed by atoms with Crippen LogP contribution in [0.25, 0.3) is 0 Å². The van der Waals surface area contributed by atoms with Gasteiger partial charge in [0.1, 0.15) is 12.3 Å². The van der Waals surface area contributed by atoms with Gasteiger partial charge in [0.2, 0.25) is 23.6 Å². The van der Waals surface area contributed by atoms with Gasteiger partial charge in [-0.3, -0.25) is 19.3 Å². The number of hydrogen-bond acceptors (Lipinski definition) is 6. The molecule has 2 N–H and O–H groups in total. The van der Waals surface area contributed by atoms with Gasteiger partial charge in [-0.1, -0.05) is 45.1 Å². The average Bonchev–Trinajstić information content (AvgIpc) is 3.43. The molecule has 45 heavy (non-hydrogen) atoms. The van der Waals surface area contributed by atoms with Gasteiger partial charge < -0.3 is 24.7 Å². The molecule has 2 fully saturated rings. The van der Waals surface area contributed by atoms with Crippen LogP contribution in [-0.4, -0.2) is 68.0 Å². The zero-order valence-electron chi connectivity index (χ0n) is 26.7. The summed E-state index contributed by atoms with van der Waals surface area (Å²) in [6.45, 7) is 6.13. The second-order valence-electron chi connectivity index (χ2n) is 12.4. The Labute approximate surface area is 267 Å². The van der Waals surface area contributed by atoms with E-state index in [4.69, 9.17) is 9.15 Å². The first-order chi connectivity index (χ1) is 22.0. The molecule has 0 spiro atoms. The Morgan fingerprint density at radius 1 is 0.933 bits per heavy atom. The number of nitrogens with one attached hydrogen (secondary N) is 2. The fraction of sp³-hybridized carbons (Fsp3) is 0.657. The minimum atomic E-state index is -0.282. The van der Waals surface area contributed by atoms with Crippen molar-refractivity contribution in [2.75, 3.05) is 44.2 Å². The number of anilines is 1. The molecule has 1 aliphatic heterocycles. The molecule has 246 valence electrons. The number of amides is 4. The highest BCUT2D eigenvalue weighted by atomic mass is 16.5. The molecule has 1 aromatic rings. The second kappa shape index (κ2) is 18.3. The van der Waals surface area contributed by atoms with E-state index in [1.54, 1.807) is 12.1 Å². The Balaban J connectivity index is 0.919. The fourth-order valence-electron chi connectivity index (χ4n) is 6.43. The molecule has 10 heteroatoms. The Hall–Kier alpha value is -3.74. The van der Waals surface area contributed by atoms with E-state index in [1.165, 1.54) is 28.7 Å². The third-order valence-corrected chi connectivity index (χ3v) is 9.16. The van der Waals surface area contributed by atoms with Crippen molar-refractivity contribution in [1.82, 2.24) is 15.5 Å². The molecular weight excluding hydrogens is 572 g/mol. The molecule has 0 bridgehead atoms. The van der Waals surface area contributed by atoms with Crippen molar-refractivity contribution in [3.05, 3.63) is 30.5 Å². The molecule has 4 amide bonds. The molecule has 1 aromatic heterocycles. The summed E-state index contributed by atoms with van der Waals surface area (Å²) in [5, 5.41) is 5.88. The Bertz CT molecular complexity index is 1200. The average molecular weight is 623 g/mol. The first-order valence-electron chi connectivity index (χ1n) is 16.9.